The normalized spacial score (nSPS) is 17.5. The van der Waals surface area contributed by atoms with Gasteiger partial charge in [-0.05, 0) is 43.5 Å². The summed E-state index contributed by atoms with van der Waals surface area (Å²) in [7, 11) is 0. The van der Waals surface area contributed by atoms with Crippen LogP contribution in [0.3, 0.4) is 0 Å². The van der Waals surface area contributed by atoms with Crippen LogP contribution < -0.4 is 5.32 Å². The van der Waals surface area contributed by atoms with E-state index in [0.29, 0.717) is 11.6 Å². The third-order valence-corrected chi connectivity index (χ3v) is 3.93. The van der Waals surface area contributed by atoms with Gasteiger partial charge in [0, 0.05) is 11.7 Å². The maximum absolute atomic E-state index is 11.0. The zero-order valence-electron chi connectivity index (χ0n) is 11.6. The predicted octanol–water partition coefficient (Wildman–Crippen LogP) is 4.22. The van der Waals surface area contributed by atoms with Gasteiger partial charge in [0.15, 0.2) is 0 Å². The molecule has 0 aliphatic heterocycles. The standard InChI is InChI=1S/C16H23NO2/c1-12-11-14(9-10-15(12)16(18)19)17-13-7-5-3-2-4-6-8-13/h9-11,13,17H,2-8H2,1H3,(H,18,19). The third-order valence-electron chi connectivity index (χ3n) is 3.93. The summed E-state index contributed by atoms with van der Waals surface area (Å²) in [5.41, 5.74) is 2.26. The second kappa shape index (κ2) is 6.60. The molecular weight excluding hydrogens is 238 g/mol. The lowest BCUT2D eigenvalue weighted by molar-refractivity contribution is 0.0696. The Morgan fingerprint density at radius 1 is 1.16 bits per heavy atom. The molecular formula is C16H23NO2. The Bertz CT molecular complexity index is 434. The van der Waals surface area contributed by atoms with Crippen molar-refractivity contribution in [3.63, 3.8) is 0 Å². The van der Waals surface area contributed by atoms with Gasteiger partial charge in [-0.15, -0.1) is 0 Å². The summed E-state index contributed by atoms with van der Waals surface area (Å²) in [4.78, 5) is 11.0. The molecule has 1 aromatic rings. The minimum absolute atomic E-state index is 0.392. The number of benzene rings is 1. The first-order chi connectivity index (χ1) is 9.16. The monoisotopic (exact) mass is 261 g/mol. The molecule has 1 aromatic carbocycles. The number of rotatable bonds is 3. The van der Waals surface area contributed by atoms with Gasteiger partial charge in [-0.3, -0.25) is 0 Å². The van der Waals surface area contributed by atoms with Gasteiger partial charge >= 0.3 is 5.97 Å². The van der Waals surface area contributed by atoms with E-state index in [1.807, 2.05) is 19.1 Å². The van der Waals surface area contributed by atoms with E-state index in [1.54, 1.807) is 6.07 Å². The fraction of sp³-hybridized carbons (Fsp3) is 0.562. The van der Waals surface area contributed by atoms with Crippen LogP contribution in [-0.4, -0.2) is 17.1 Å². The first-order valence-electron chi connectivity index (χ1n) is 7.27. The van der Waals surface area contributed by atoms with Crippen molar-refractivity contribution in [2.45, 2.75) is 57.9 Å². The van der Waals surface area contributed by atoms with Crippen molar-refractivity contribution < 1.29 is 9.90 Å². The molecule has 1 aliphatic rings. The van der Waals surface area contributed by atoms with E-state index in [4.69, 9.17) is 5.11 Å². The number of hydrogen-bond donors (Lipinski definition) is 2. The van der Waals surface area contributed by atoms with E-state index >= 15 is 0 Å². The molecule has 0 bridgehead atoms. The van der Waals surface area contributed by atoms with Crippen LogP contribution in [0.5, 0.6) is 0 Å². The number of nitrogens with one attached hydrogen (secondary N) is 1. The van der Waals surface area contributed by atoms with E-state index in [1.165, 1.54) is 44.9 Å². The van der Waals surface area contributed by atoms with Crippen molar-refractivity contribution in [1.82, 2.24) is 0 Å². The number of aryl methyl sites for hydroxylation is 1. The number of anilines is 1. The van der Waals surface area contributed by atoms with Crippen LogP contribution in [0, 0.1) is 6.92 Å². The zero-order valence-corrected chi connectivity index (χ0v) is 11.6. The lowest BCUT2D eigenvalue weighted by atomic mass is 9.96. The fourth-order valence-electron chi connectivity index (χ4n) is 2.83. The summed E-state index contributed by atoms with van der Waals surface area (Å²) in [5, 5.41) is 12.6. The number of aromatic carboxylic acids is 1. The molecule has 1 fully saturated rings. The second-order valence-electron chi connectivity index (χ2n) is 5.52. The van der Waals surface area contributed by atoms with Crippen molar-refractivity contribution in [1.29, 1.82) is 0 Å². The van der Waals surface area contributed by atoms with Crippen LogP contribution >= 0.6 is 0 Å². The molecule has 3 heteroatoms. The highest BCUT2D eigenvalue weighted by Gasteiger charge is 2.12. The highest BCUT2D eigenvalue weighted by atomic mass is 16.4. The fourth-order valence-corrected chi connectivity index (χ4v) is 2.83. The molecule has 0 atom stereocenters. The van der Waals surface area contributed by atoms with Crippen molar-refractivity contribution >= 4 is 11.7 Å². The molecule has 0 saturated heterocycles. The van der Waals surface area contributed by atoms with Gasteiger partial charge in [0.05, 0.1) is 5.56 Å². The highest BCUT2D eigenvalue weighted by molar-refractivity contribution is 5.89. The van der Waals surface area contributed by atoms with Gasteiger partial charge in [0.25, 0.3) is 0 Å². The topological polar surface area (TPSA) is 49.3 Å². The number of carboxylic acids is 1. The molecule has 0 radical (unpaired) electrons. The van der Waals surface area contributed by atoms with Crippen molar-refractivity contribution in [3.05, 3.63) is 29.3 Å². The van der Waals surface area contributed by atoms with Gasteiger partial charge in [0.1, 0.15) is 0 Å². The van der Waals surface area contributed by atoms with E-state index in [-0.39, 0.29) is 0 Å². The molecule has 0 unspecified atom stereocenters. The number of carbonyl (C=O) groups is 1. The smallest absolute Gasteiger partial charge is 0.335 e. The minimum Gasteiger partial charge on any atom is -0.478 e. The summed E-state index contributed by atoms with van der Waals surface area (Å²) in [6, 6.07) is 6.07. The number of carboxylic acid groups (broad SMARTS) is 1. The molecule has 0 amide bonds. The zero-order chi connectivity index (χ0) is 13.7. The van der Waals surface area contributed by atoms with Crippen molar-refractivity contribution in [3.8, 4) is 0 Å². The molecule has 0 aromatic heterocycles. The maximum atomic E-state index is 11.0. The van der Waals surface area contributed by atoms with E-state index in [0.717, 1.165) is 11.3 Å². The number of hydrogen-bond acceptors (Lipinski definition) is 2. The molecule has 0 spiro atoms. The van der Waals surface area contributed by atoms with Crippen molar-refractivity contribution in [2.24, 2.45) is 0 Å². The first kappa shape index (κ1) is 13.9. The molecule has 19 heavy (non-hydrogen) atoms. The van der Waals surface area contributed by atoms with E-state index in [9.17, 15) is 4.79 Å². The van der Waals surface area contributed by atoms with Gasteiger partial charge in [0.2, 0.25) is 0 Å². The van der Waals surface area contributed by atoms with Gasteiger partial charge in [-0.1, -0.05) is 32.1 Å². The van der Waals surface area contributed by atoms with Gasteiger partial charge in [-0.2, -0.15) is 0 Å². The summed E-state index contributed by atoms with van der Waals surface area (Å²) in [5.74, 6) is -0.852. The molecule has 104 valence electrons. The molecule has 0 heterocycles. The highest BCUT2D eigenvalue weighted by Crippen LogP contribution is 2.22. The third kappa shape index (κ3) is 3.98. The van der Waals surface area contributed by atoms with Crippen LogP contribution in [0.4, 0.5) is 5.69 Å². The van der Waals surface area contributed by atoms with E-state index < -0.39 is 5.97 Å². The van der Waals surface area contributed by atoms with Gasteiger partial charge in [-0.25, -0.2) is 4.79 Å². The lowest BCUT2D eigenvalue weighted by Crippen LogP contribution is -2.20. The second-order valence-corrected chi connectivity index (χ2v) is 5.52. The minimum atomic E-state index is -0.852. The van der Waals surface area contributed by atoms with Crippen LogP contribution in [0.25, 0.3) is 0 Å². The average molecular weight is 261 g/mol. The maximum Gasteiger partial charge on any atom is 0.335 e. The summed E-state index contributed by atoms with van der Waals surface area (Å²) < 4.78 is 0. The Labute approximate surface area is 115 Å². The molecule has 2 N–H and O–H groups in total. The molecule has 1 aliphatic carbocycles. The Morgan fingerprint density at radius 3 is 2.37 bits per heavy atom. The quantitative estimate of drug-likeness (QED) is 0.856. The predicted molar refractivity (Wildman–Crippen MR) is 77.9 cm³/mol. The average Bonchev–Trinajstić information content (AvgIpc) is 2.32. The van der Waals surface area contributed by atoms with Crippen LogP contribution in [-0.2, 0) is 0 Å². The Hall–Kier alpha value is -1.51. The summed E-state index contributed by atoms with van der Waals surface area (Å²) in [6.07, 6.45) is 9.09. The molecule has 1 saturated carbocycles. The van der Waals surface area contributed by atoms with Crippen molar-refractivity contribution in [2.75, 3.05) is 5.32 Å². The van der Waals surface area contributed by atoms with Crippen LogP contribution in [0.2, 0.25) is 0 Å². The lowest BCUT2D eigenvalue weighted by Gasteiger charge is -2.22. The Balaban J connectivity index is 2.01. The van der Waals surface area contributed by atoms with E-state index in [2.05, 4.69) is 5.32 Å². The SMILES string of the molecule is Cc1cc(NC2CCCCCCC2)ccc1C(=O)O. The largest absolute Gasteiger partial charge is 0.478 e. The van der Waals surface area contributed by atoms with Gasteiger partial charge < -0.3 is 10.4 Å². The molecule has 2 rings (SSSR count). The Morgan fingerprint density at radius 2 is 1.79 bits per heavy atom. The summed E-state index contributed by atoms with van der Waals surface area (Å²) in [6.45, 7) is 1.85. The summed E-state index contributed by atoms with van der Waals surface area (Å²) >= 11 is 0. The first-order valence-corrected chi connectivity index (χ1v) is 7.27. The van der Waals surface area contributed by atoms with Crippen LogP contribution in [0.15, 0.2) is 18.2 Å². The van der Waals surface area contributed by atoms with Crippen LogP contribution in [0.1, 0.15) is 60.9 Å². The molecule has 3 nitrogen and oxygen atoms in total. The Kier molecular flexibility index (Phi) is 4.83.